The van der Waals surface area contributed by atoms with Gasteiger partial charge in [-0.15, -0.1) is 11.6 Å². The highest BCUT2D eigenvalue weighted by Crippen LogP contribution is 2.10. The molecule has 2 atom stereocenters. The van der Waals surface area contributed by atoms with E-state index in [4.69, 9.17) is 21.4 Å². The molecular formula is C9H18ClNO2. The summed E-state index contributed by atoms with van der Waals surface area (Å²) in [5.74, 6) is 1.16. The molecular weight excluding hydrogens is 190 g/mol. The first-order chi connectivity index (χ1) is 6.27. The molecule has 2 unspecified atom stereocenters. The van der Waals surface area contributed by atoms with Crippen molar-refractivity contribution in [2.75, 3.05) is 38.8 Å². The molecule has 78 valence electrons. The van der Waals surface area contributed by atoms with Crippen molar-refractivity contribution in [1.82, 2.24) is 4.90 Å². The van der Waals surface area contributed by atoms with Gasteiger partial charge in [-0.3, -0.25) is 4.90 Å². The van der Waals surface area contributed by atoms with E-state index in [1.807, 2.05) is 0 Å². The highest BCUT2D eigenvalue weighted by Gasteiger charge is 2.23. The fraction of sp³-hybridized carbons (Fsp3) is 1.00. The van der Waals surface area contributed by atoms with Gasteiger partial charge in [0.25, 0.3) is 0 Å². The van der Waals surface area contributed by atoms with E-state index < -0.39 is 0 Å². The monoisotopic (exact) mass is 207 g/mol. The Morgan fingerprint density at radius 2 is 2.46 bits per heavy atom. The molecule has 1 fully saturated rings. The molecule has 0 amide bonds. The van der Waals surface area contributed by atoms with Gasteiger partial charge in [-0.05, 0) is 5.92 Å². The lowest BCUT2D eigenvalue weighted by Crippen LogP contribution is -2.49. The van der Waals surface area contributed by atoms with Crippen LogP contribution in [0.2, 0.25) is 0 Å². The van der Waals surface area contributed by atoms with Crippen LogP contribution in [-0.4, -0.2) is 54.8 Å². The first-order valence-electron chi connectivity index (χ1n) is 4.76. The van der Waals surface area contributed by atoms with Crippen LogP contribution in [0.3, 0.4) is 0 Å². The molecule has 1 saturated heterocycles. The van der Waals surface area contributed by atoms with Crippen molar-refractivity contribution in [2.45, 2.75) is 13.0 Å². The Labute approximate surface area is 84.6 Å². The molecule has 0 radical (unpaired) electrons. The van der Waals surface area contributed by atoms with Crippen LogP contribution < -0.4 is 0 Å². The third kappa shape index (κ3) is 3.43. The van der Waals surface area contributed by atoms with Crippen molar-refractivity contribution >= 4 is 11.6 Å². The Kier molecular flexibility index (Phi) is 5.02. The second kappa shape index (κ2) is 5.81. The lowest BCUT2D eigenvalue weighted by molar-refractivity contribution is -0.0315. The maximum atomic E-state index is 9.09. The minimum absolute atomic E-state index is 0.166. The molecule has 0 aliphatic carbocycles. The summed E-state index contributed by atoms with van der Waals surface area (Å²) < 4.78 is 5.28. The molecule has 13 heavy (non-hydrogen) atoms. The second-order valence-corrected chi connectivity index (χ2v) is 3.97. The number of halogens is 1. The van der Waals surface area contributed by atoms with Gasteiger partial charge < -0.3 is 9.84 Å². The van der Waals surface area contributed by atoms with Gasteiger partial charge in [0.05, 0.1) is 25.9 Å². The molecule has 0 saturated carbocycles. The number of hydrogen-bond donors (Lipinski definition) is 1. The fourth-order valence-electron chi connectivity index (χ4n) is 1.55. The van der Waals surface area contributed by atoms with E-state index in [2.05, 4.69) is 11.8 Å². The van der Waals surface area contributed by atoms with E-state index in [0.29, 0.717) is 18.4 Å². The molecule has 0 aromatic rings. The summed E-state index contributed by atoms with van der Waals surface area (Å²) in [5, 5.41) is 9.09. The van der Waals surface area contributed by atoms with Crippen molar-refractivity contribution in [1.29, 1.82) is 0 Å². The molecule has 0 aromatic carbocycles. The minimum Gasteiger partial charge on any atom is -0.395 e. The zero-order valence-electron chi connectivity index (χ0n) is 8.08. The summed E-state index contributed by atoms with van der Waals surface area (Å²) in [6.45, 7) is 5.58. The van der Waals surface area contributed by atoms with E-state index in [1.54, 1.807) is 0 Å². The molecule has 1 rings (SSSR count). The lowest BCUT2D eigenvalue weighted by Gasteiger charge is -2.35. The number of ether oxygens (including phenoxy) is 1. The zero-order valence-corrected chi connectivity index (χ0v) is 8.83. The molecule has 1 N–H and O–H groups in total. The van der Waals surface area contributed by atoms with Crippen LogP contribution in [0.25, 0.3) is 0 Å². The number of nitrogens with zero attached hydrogens (tertiary/aromatic N) is 1. The second-order valence-electron chi connectivity index (χ2n) is 3.67. The normalized spacial score (nSPS) is 27.5. The van der Waals surface area contributed by atoms with Gasteiger partial charge in [-0.25, -0.2) is 0 Å². The van der Waals surface area contributed by atoms with E-state index in [0.717, 1.165) is 19.7 Å². The predicted octanol–water partition coefficient (Wildman–Crippen LogP) is 0.554. The Hall–Kier alpha value is 0.170. The third-order valence-corrected chi connectivity index (χ3v) is 2.90. The SMILES string of the molecule is CC(CCl)CN1CCOCC1CO. The maximum absolute atomic E-state index is 9.09. The van der Waals surface area contributed by atoms with Crippen LogP contribution in [0.4, 0.5) is 0 Å². The van der Waals surface area contributed by atoms with Gasteiger partial charge in [-0.2, -0.15) is 0 Å². The largest absolute Gasteiger partial charge is 0.395 e. The molecule has 0 aromatic heterocycles. The topological polar surface area (TPSA) is 32.7 Å². The standard InChI is InChI=1S/C9H18ClNO2/c1-8(4-10)5-11-2-3-13-7-9(11)6-12/h8-9,12H,2-7H2,1H3. The number of morpholine rings is 1. The fourth-order valence-corrected chi connectivity index (χ4v) is 1.64. The minimum atomic E-state index is 0.166. The van der Waals surface area contributed by atoms with Crippen LogP contribution in [0.15, 0.2) is 0 Å². The van der Waals surface area contributed by atoms with E-state index in [1.165, 1.54) is 0 Å². The van der Waals surface area contributed by atoms with Crippen molar-refractivity contribution < 1.29 is 9.84 Å². The predicted molar refractivity (Wildman–Crippen MR) is 53.1 cm³/mol. The van der Waals surface area contributed by atoms with Gasteiger partial charge in [0.2, 0.25) is 0 Å². The van der Waals surface area contributed by atoms with Crippen molar-refractivity contribution in [3.63, 3.8) is 0 Å². The molecule has 3 nitrogen and oxygen atoms in total. The summed E-state index contributed by atoms with van der Waals surface area (Å²) in [6, 6.07) is 0.166. The molecule has 4 heteroatoms. The van der Waals surface area contributed by atoms with Gasteiger partial charge in [-0.1, -0.05) is 6.92 Å². The summed E-state index contributed by atoms with van der Waals surface area (Å²) >= 11 is 5.74. The van der Waals surface area contributed by atoms with Crippen LogP contribution >= 0.6 is 11.6 Å². The van der Waals surface area contributed by atoms with Gasteiger partial charge in [0.15, 0.2) is 0 Å². The highest BCUT2D eigenvalue weighted by atomic mass is 35.5. The van der Waals surface area contributed by atoms with Crippen molar-refractivity contribution in [3.05, 3.63) is 0 Å². The summed E-state index contributed by atoms with van der Waals surface area (Å²) in [6.07, 6.45) is 0. The van der Waals surface area contributed by atoms with Crippen LogP contribution in [0.1, 0.15) is 6.92 Å². The third-order valence-electron chi connectivity index (χ3n) is 2.37. The number of alkyl halides is 1. The number of aliphatic hydroxyl groups is 1. The molecule has 0 bridgehead atoms. The Bertz CT molecular complexity index is 146. The van der Waals surface area contributed by atoms with Crippen molar-refractivity contribution in [2.24, 2.45) is 5.92 Å². The highest BCUT2D eigenvalue weighted by molar-refractivity contribution is 6.18. The quantitative estimate of drug-likeness (QED) is 0.684. The number of aliphatic hydroxyl groups excluding tert-OH is 1. The van der Waals surface area contributed by atoms with Gasteiger partial charge >= 0.3 is 0 Å². The molecule has 1 aliphatic rings. The first-order valence-corrected chi connectivity index (χ1v) is 5.30. The maximum Gasteiger partial charge on any atom is 0.0644 e. The molecule has 1 heterocycles. The van der Waals surface area contributed by atoms with E-state index >= 15 is 0 Å². The molecule has 1 aliphatic heterocycles. The smallest absolute Gasteiger partial charge is 0.0644 e. The lowest BCUT2D eigenvalue weighted by atomic mass is 10.1. The Morgan fingerprint density at radius 1 is 1.69 bits per heavy atom. The van der Waals surface area contributed by atoms with Gasteiger partial charge in [0.1, 0.15) is 0 Å². The summed E-state index contributed by atoms with van der Waals surface area (Å²) in [7, 11) is 0. The number of rotatable bonds is 4. The summed E-state index contributed by atoms with van der Waals surface area (Å²) in [5.41, 5.74) is 0. The zero-order chi connectivity index (χ0) is 9.68. The van der Waals surface area contributed by atoms with E-state index in [-0.39, 0.29) is 12.6 Å². The number of hydrogen-bond acceptors (Lipinski definition) is 3. The average molecular weight is 208 g/mol. The van der Waals surface area contributed by atoms with E-state index in [9.17, 15) is 0 Å². The molecule has 0 spiro atoms. The first kappa shape index (κ1) is 11.2. The van der Waals surface area contributed by atoms with Gasteiger partial charge in [0, 0.05) is 19.0 Å². The van der Waals surface area contributed by atoms with Crippen LogP contribution in [0.5, 0.6) is 0 Å². The van der Waals surface area contributed by atoms with Crippen LogP contribution in [-0.2, 0) is 4.74 Å². The Morgan fingerprint density at radius 3 is 3.08 bits per heavy atom. The van der Waals surface area contributed by atoms with Crippen LogP contribution in [0, 0.1) is 5.92 Å². The summed E-state index contributed by atoms with van der Waals surface area (Å²) in [4.78, 5) is 2.26. The van der Waals surface area contributed by atoms with Crippen molar-refractivity contribution in [3.8, 4) is 0 Å². The average Bonchev–Trinajstić information content (AvgIpc) is 2.18. The Balaban J connectivity index is 2.35.